The summed E-state index contributed by atoms with van der Waals surface area (Å²) in [7, 11) is 3.65. The van der Waals surface area contributed by atoms with Crippen molar-refractivity contribution in [1.29, 1.82) is 0 Å². The fourth-order valence-electron chi connectivity index (χ4n) is 6.76. The average Bonchev–Trinajstić information content (AvgIpc) is 3.53. The highest BCUT2D eigenvalue weighted by molar-refractivity contribution is 6.19. The predicted molar refractivity (Wildman–Crippen MR) is 136 cm³/mol. The summed E-state index contributed by atoms with van der Waals surface area (Å²) in [6, 6.07) is 16.9. The Kier molecular flexibility index (Phi) is 5.63. The first-order valence-electron chi connectivity index (χ1n) is 12.8. The summed E-state index contributed by atoms with van der Waals surface area (Å²) in [5.74, 6) is -8.58. The summed E-state index contributed by atoms with van der Waals surface area (Å²) in [5, 5.41) is 0. The fraction of sp³-hybridized carbons (Fsp3) is 0.345. The molecule has 3 amide bonds. The van der Waals surface area contributed by atoms with Gasteiger partial charge in [-0.2, -0.15) is 0 Å². The molecule has 3 saturated heterocycles. The quantitative estimate of drug-likeness (QED) is 0.311. The Balaban J connectivity index is 1.70. The van der Waals surface area contributed by atoms with E-state index >= 15 is 0 Å². The molecule has 0 aliphatic carbocycles. The average molecular weight is 546 g/mol. The van der Waals surface area contributed by atoms with E-state index in [1.165, 1.54) is 19.1 Å². The molecule has 1 spiro atoms. The lowest BCUT2D eigenvalue weighted by Gasteiger charge is -2.55. The number of methoxy groups -OCH3 is 2. The maximum absolute atomic E-state index is 14.6. The zero-order chi connectivity index (χ0) is 28.6. The van der Waals surface area contributed by atoms with Crippen molar-refractivity contribution in [2.75, 3.05) is 21.3 Å². The van der Waals surface area contributed by atoms with Crippen molar-refractivity contribution < 1.29 is 38.2 Å². The van der Waals surface area contributed by atoms with Crippen molar-refractivity contribution in [3.8, 4) is 0 Å². The molecule has 6 rings (SSSR count). The highest BCUT2D eigenvalue weighted by Gasteiger charge is 2.88. The molecular weight excluding hydrogens is 518 g/mol. The minimum Gasteiger partial charge on any atom is -0.466 e. The van der Waals surface area contributed by atoms with E-state index in [-0.39, 0.29) is 12.1 Å². The number of rotatable bonds is 5. The molecule has 11 heteroatoms. The third-order valence-corrected chi connectivity index (χ3v) is 8.47. The van der Waals surface area contributed by atoms with Crippen molar-refractivity contribution in [2.45, 2.75) is 31.0 Å². The Labute approximate surface area is 229 Å². The maximum atomic E-state index is 14.6. The minimum atomic E-state index is -2.43. The number of ether oxygens (including phenoxy) is 3. The molecule has 2 aromatic carbocycles. The van der Waals surface area contributed by atoms with E-state index in [0.29, 0.717) is 11.3 Å². The van der Waals surface area contributed by atoms with E-state index in [0.717, 1.165) is 17.6 Å². The Morgan fingerprint density at radius 1 is 0.900 bits per heavy atom. The molecular formula is C29H27N3O8. The topological polar surface area (TPSA) is 123 Å². The van der Waals surface area contributed by atoms with Crippen molar-refractivity contribution in [2.24, 2.45) is 11.8 Å². The first kappa shape index (κ1) is 25.8. The third-order valence-electron chi connectivity index (χ3n) is 8.47. The van der Waals surface area contributed by atoms with E-state index in [9.17, 15) is 24.0 Å². The van der Waals surface area contributed by atoms with Crippen LogP contribution < -0.4 is 0 Å². The van der Waals surface area contributed by atoms with Crippen LogP contribution in [0.2, 0.25) is 0 Å². The second-order valence-electron chi connectivity index (χ2n) is 10.2. The van der Waals surface area contributed by atoms with Gasteiger partial charge in [0, 0.05) is 19.3 Å². The van der Waals surface area contributed by atoms with E-state index in [1.807, 2.05) is 30.3 Å². The van der Waals surface area contributed by atoms with Gasteiger partial charge >= 0.3 is 11.9 Å². The summed E-state index contributed by atoms with van der Waals surface area (Å²) < 4.78 is 16.8. The number of likely N-dealkylation sites (tertiary alicyclic amines) is 1. The van der Waals surface area contributed by atoms with Gasteiger partial charge in [-0.05, 0) is 18.1 Å². The lowest BCUT2D eigenvalue weighted by atomic mass is 9.73. The molecule has 0 radical (unpaired) electrons. The number of nitrogens with zero attached hydrogens (tertiary/aromatic N) is 3. The predicted octanol–water partition coefficient (Wildman–Crippen LogP) is 1.36. The molecule has 2 aromatic rings. The number of imide groups is 1. The summed E-state index contributed by atoms with van der Waals surface area (Å²) in [6.45, 7) is 1.77. The van der Waals surface area contributed by atoms with Crippen molar-refractivity contribution in [3.05, 3.63) is 83.1 Å². The van der Waals surface area contributed by atoms with Crippen LogP contribution in [0, 0.1) is 11.8 Å². The highest BCUT2D eigenvalue weighted by atomic mass is 16.6. The normalized spacial score (nSPS) is 30.6. The van der Waals surface area contributed by atoms with Crippen LogP contribution in [-0.2, 0) is 44.7 Å². The standard InChI is InChI=1S/C29H27N3O8/c1-16-19(25(35)38-3)22(18-13-9-6-10-14-18)32-26(36)28(27(37)39-4)20-21(24(34)30(2)23(20)33)29(32,40-28)31(16)15-17-11-7-5-8-12-17/h5-14,20-22H,15H2,1-4H3/t20?,21?,22?,28-,29+/m1/s1. The molecule has 4 aliphatic heterocycles. The number of allylic oxidation sites excluding steroid dienone is 1. The first-order valence-corrected chi connectivity index (χ1v) is 12.8. The van der Waals surface area contributed by atoms with Gasteiger partial charge in [-0.1, -0.05) is 60.7 Å². The Morgan fingerprint density at radius 2 is 1.50 bits per heavy atom. The minimum absolute atomic E-state index is 0.0874. The molecule has 0 aromatic heterocycles. The Morgan fingerprint density at radius 3 is 2.10 bits per heavy atom. The largest absolute Gasteiger partial charge is 0.466 e. The highest BCUT2D eigenvalue weighted by Crippen LogP contribution is 2.65. The molecule has 206 valence electrons. The second kappa shape index (κ2) is 8.75. The number of benzene rings is 2. The Hall–Kier alpha value is -4.51. The zero-order valence-electron chi connectivity index (χ0n) is 22.3. The molecule has 4 aliphatic rings. The lowest BCUT2D eigenvalue weighted by molar-refractivity contribution is -0.228. The van der Waals surface area contributed by atoms with Crippen LogP contribution in [0.5, 0.6) is 0 Å². The summed E-state index contributed by atoms with van der Waals surface area (Å²) >= 11 is 0. The molecule has 0 N–H and O–H groups in total. The summed E-state index contributed by atoms with van der Waals surface area (Å²) in [4.78, 5) is 72.6. The van der Waals surface area contributed by atoms with E-state index in [1.54, 1.807) is 42.2 Å². The second-order valence-corrected chi connectivity index (χ2v) is 10.2. The zero-order valence-corrected chi connectivity index (χ0v) is 22.3. The summed E-state index contributed by atoms with van der Waals surface area (Å²) in [6.07, 6.45) is 0. The van der Waals surface area contributed by atoms with Gasteiger partial charge in [0.25, 0.3) is 11.5 Å². The number of hydrogen-bond acceptors (Lipinski definition) is 9. The molecule has 11 nitrogen and oxygen atoms in total. The molecule has 3 fully saturated rings. The van der Waals surface area contributed by atoms with Crippen molar-refractivity contribution in [3.63, 3.8) is 0 Å². The molecule has 40 heavy (non-hydrogen) atoms. The van der Waals surface area contributed by atoms with E-state index < -0.39 is 59.0 Å². The van der Waals surface area contributed by atoms with E-state index in [2.05, 4.69) is 0 Å². The number of hydrogen-bond donors (Lipinski definition) is 0. The molecule has 4 heterocycles. The number of esters is 2. The number of fused-ring (bicyclic) bond motifs is 3. The van der Waals surface area contributed by atoms with Gasteiger partial charge in [-0.15, -0.1) is 0 Å². The molecule has 0 saturated carbocycles. The Bertz CT molecular complexity index is 1490. The van der Waals surface area contributed by atoms with E-state index in [4.69, 9.17) is 14.2 Å². The van der Waals surface area contributed by atoms with Gasteiger partial charge < -0.3 is 19.1 Å². The molecule has 5 atom stereocenters. The van der Waals surface area contributed by atoms with Crippen molar-refractivity contribution in [1.82, 2.24) is 14.7 Å². The van der Waals surface area contributed by atoms with Crippen LogP contribution in [0.25, 0.3) is 0 Å². The summed E-state index contributed by atoms with van der Waals surface area (Å²) in [5.41, 5.74) is -0.595. The molecule has 2 bridgehead atoms. The van der Waals surface area contributed by atoms with Crippen LogP contribution in [0.15, 0.2) is 71.9 Å². The van der Waals surface area contributed by atoms with Gasteiger partial charge in [-0.3, -0.25) is 24.2 Å². The number of amides is 3. The number of piperidine rings is 1. The monoisotopic (exact) mass is 545 g/mol. The van der Waals surface area contributed by atoms with Gasteiger partial charge in [0.05, 0.1) is 25.8 Å². The van der Waals surface area contributed by atoms with Gasteiger partial charge in [-0.25, -0.2) is 9.59 Å². The third kappa shape index (κ3) is 2.95. The SMILES string of the molecule is COC(=O)C1=C(C)N(Cc2ccccc2)[C@]23O[C@@](C(=O)OC)(C(=O)N2C1c1ccccc1)C1C(=O)N(C)C(=O)C13. The smallest absolute Gasteiger partial charge is 0.349 e. The van der Waals surface area contributed by atoms with Gasteiger partial charge in [0.1, 0.15) is 11.8 Å². The van der Waals surface area contributed by atoms with Crippen LogP contribution >= 0.6 is 0 Å². The van der Waals surface area contributed by atoms with Crippen LogP contribution in [0.3, 0.4) is 0 Å². The van der Waals surface area contributed by atoms with Crippen molar-refractivity contribution >= 4 is 29.7 Å². The lowest BCUT2D eigenvalue weighted by Crippen LogP contribution is -2.70. The fourth-order valence-corrected chi connectivity index (χ4v) is 6.76. The van der Waals surface area contributed by atoms with Crippen LogP contribution in [-0.4, -0.2) is 77.1 Å². The number of carbonyl (C=O) groups excluding carboxylic acids is 5. The number of carbonyl (C=O) groups is 5. The maximum Gasteiger partial charge on any atom is 0.349 e. The van der Waals surface area contributed by atoms with Gasteiger partial charge in [0.2, 0.25) is 17.7 Å². The molecule has 3 unspecified atom stereocenters. The van der Waals surface area contributed by atoms with Crippen LogP contribution in [0.4, 0.5) is 0 Å². The van der Waals surface area contributed by atoms with Crippen LogP contribution in [0.1, 0.15) is 24.1 Å². The first-order chi connectivity index (χ1) is 19.2. The van der Waals surface area contributed by atoms with Gasteiger partial charge in [0.15, 0.2) is 0 Å².